The number of fused-ring (bicyclic) bond motifs is 7. The monoisotopic (exact) mass is 775 g/mol. The maximum absolute atomic E-state index is 6.28. The van der Waals surface area contributed by atoms with E-state index >= 15 is 0 Å². The molecule has 1 aliphatic rings. The molecule has 3 aromatic heterocycles. The lowest BCUT2D eigenvalue weighted by Gasteiger charge is -2.16. The van der Waals surface area contributed by atoms with Gasteiger partial charge in [0.15, 0.2) is 17.5 Å². The summed E-state index contributed by atoms with van der Waals surface area (Å²) in [5, 5.41) is 5.96. The van der Waals surface area contributed by atoms with E-state index in [1.165, 1.54) is 36.9 Å². The first-order valence-corrected chi connectivity index (χ1v) is 20.9. The molecule has 11 rings (SSSR count). The van der Waals surface area contributed by atoms with Crippen molar-refractivity contribution in [3.8, 4) is 45.0 Å². The van der Waals surface area contributed by atoms with Crippen molar-refractivity contribution in [3.05, 3.63) is 192 Å². The Bertz CT molecular complexity index is 3350. The minimum absolute atomic E-state index is 0.643. The van der Waals surface area contributed by atoms with Crippen LogP contribution in [0.2, 0.25) is 0 Å². The van der Waals surface area contributed by atoms with Gasteiger partial charge in [-0.25, -0.2) is 15.0 Å². The average Bonchev–Trinajstić information content (AvgIpc) is 3.87. The van der Waals surface area contributed by atoms with E-state index in [1.807, 2.05) is 42.5 Å². The van der Waals surface area contributed by atoms with Crippen molar-refractivity contribution in [2.75, 3.05) is 0 Å². The highest BCUT2D eigenvalue weighted by Gasteiger charge is 2.22. The molecular weight excluding hydrogens is 739 g/mol. The maximum atomic E-state index is 6.28. The number of hydrogen-bond donors (Lipinski definition) is 0. The van der Waals surface area contributed by atoms with Crippen molar-refractivity contribution in [3.63, 3.8) is 0 Å². The quantitative estimate of drug-likeness (QED) is 0.151. The third kappa shape index (κ3) is 6.37. The van der Waals surface area contributed by atoms with E-state index in [0.29, 0.717) is 17.5 Å². The second kappa shape index (κ2) is 14.6. The van der Waals surface area contributed by atoms with Crippen molar-refractivity contribution < 1.29 is 4.42 Å². The first-order valence-electron chi connectivity index (χ1n) is 20.1. The van der Waals surface area contributed by atoms with Gasteiger partial charge < -0.3 is 4.42 Å². The minimum Gasteiger partial charge on any atom is -0.456 e. The first-order chi connectivity index (χ1) is 29.2. The van der Waals surface area contributed by atoms with Crippen LogP contribution < -0.4 is 0 Å². The Morgan fingerprint density at radius 2 is 1.27 bits per heavy atom. The zero-order chi connectivity index (χ0) is 39.3. The number of allylic oxidation sites excluding steroid dienone is 4. The van der Waals surface area contributed by atoms with Crippen molar-refractivity contribution in [1.29, 1.82) is 0 Å². The Kier molecular flexibility index (Phi) is 8.67. The van der Waals surface area contributed by atoms with Gasteiger partial charge in [0.2, 0.25) is 0 Å². The Hall–Kier alpha value is -7.21. The van der Waals surface area contributed by atoms with Crippen molar-refractivity contribution >= 4 is 71.9 Å². The molecule has 0 bridgehead atoms. The van der Waals surface area contributed by atoms with Gasteiger partial charge in [-0.2, -0.15) is 0 Å². The van der Waals surface area contributed by atoms with Crippen LogP contribution in [0.15, 0.2) is 174 Å². The second-order valence-corrected chi connectivity index (χ2v) is 16.2. The molecule has 3 heterocycles. The van der Waals surface area contributed by atoms with E-state index in [-0.39, 0.29) is 0 Å². The van der Waals surface area contributed by atoms with Crippen LogP contribution in [0.3, 0.4) is 0 Å². The van der Waals surface area contributed by atoms with Crippen LogP contribution in [0.1, 0.15) is 35.2 Å². The highest BCUT2D eigenvalue weighted by atomic mass is 32.1. The molecule has 280 valence electrons. The summed E-state index contributed by atoms with van der Waals surface area (Å²) in [5.74, 6) is 2.01. The zero-order valence-corrected chi connectivity index (χ0v) is 33.2. The molecule has 0 unspecified atom stereocenters. The number of aryl methyl sites for hydroxylation is 1. The molecule has 4 nitrogen and oxygen atoms in total. The molecule has 0 aliphatic heterocycles. The van der Waals surface area contributed by atoms with Crippen LogP contribution in [0.25, 0.3) is 106 Å². The summed E-state index contributed by atoms with van der Waals surface area (Å²) >= 11 is 1.89. The standard InChI is InChI=1S/C54H37N3OS/c1-2-3-4-14-39-32-40(42-17-11-19-48-51(42)45-16-7-9-18-47(45)58-48)27-29-43(39)54-56-52(36-24-21-35(22-25-36)38-26-23-34-12-5-6-13-37(34)31-38)55-53(57-54)41-28-30-50-46(33-41)44-15-8-10-20-49(44)59-50/h2-27,29,31-33H,28,30H2,1H3/b3-2-,14-4-. The Labute approximate surface area is 346 Å². The molecule has 0 atom stereocenters. The summed E-state index contributed by atoms with van der Waals surface area (Å²) in [6, 6.07) is 53.6. The SMILES string of the molecule is C/C=C\C=C/c1cc(-c2cccc3oc4ccccc4c23)ccc1-c1nc(C2=Cc3c(sc4ccccc34)CC2)nc(-c2ccc(-c3ccc4ccccc4c3)cc2)n1. The van der Waals surface area contributed by atoms with Crippen molar-refractivity contribution in [1.82, 2.24) is 15.0 Å². The number of furan rings is 1. The van der Waals surface area contributed by atoms with Crippen LogP contribution in [0.4, 0.5) is 0 Å². The van der Waals surface area contributed by atoms with Gasteiger partial charge in [-0.15, -0.1) is 11.3 Å². The summed E-state index contributed by atoms with van der Waals surface area (Å²) < 4.78 is 7.59. The van der Waals surface area contributed by atoms with E-state index in [4.69, 9.17) is 19.4 Å². The van der Waals surface area contributed by atoms with E-state index in [0.717, 1.165) is 73.7 Å². The molecule has 0 spiro atoms. The predicted octanol–water partition coefficient (Wildman–Crippen LogP) is 14.9. The number of aromatic nitrogens is 3. The molecule has 0 saturated heterocycles. The van der Waals surface area contributed by atoms with Crippen LogP contribution in [-0.2, 0) is 6.42 Å². The zero-order valence-electron chi connectivity index (χ0n) is 32.4. The number of thiophene rings is 1. The van der Waals surface area contributed by atoms with Crippen LogP contribution in [0.5, 0.6) is 0 Å². The topological polar surface area (TPSA) is 51.8 Å². The number of hydrogen-bond acceptors (Lipinski definition) is 5. The molecule has 0 fully saturated rings. The third-order valence-corrected chi connectivity index (χ3v) is 12.6. The molecular formula is C54H37N3OS. The fourth-order valence-corrected chi connectivity index (χ4v) is 9.62. The van der Waals surface area contributed by atoms with Gasteiger partial charge in [0.1, 0.15) is 11.2 Å². The summed E-state index contributed by atoms with van der Waals surface area (Å²) in [7, 11) is 0. The fraction of sp³-hybridized carbons (Fsp3) is 0.0556. The lowest BCUT2D eigenvalue weighted by Crippen LogP contribution is -2.06. The molecule has 0 radical (unpaired) electrons. The Balaban J connectivity index is 1.07. The number of benzene rings is 7. The highest BCUT2D eigenvalue weighted by Crippen LogP contribution is 2.41. The van der Waals surface area contributed by atoms with Gasteiger partial charge in [-0.3, -0.25) is 0 Å². The van der Waals surface area contributed by atoms with E-state index in [2.05, 4.69) is 158 Å². The number of nitrogens with zero attached hydrogens (tertiary/aromatic N) is 3. The molecule has 5 heteroatoms. The minimum atomic E-state index is 0.643. The molecule has 0 saturated carbocycles. The Morgan fingerprint density at radius 3 is 2.17 bits per heavy atom. The van der Waals surface area contributed by atoms with Crippen molar-refractivity contribution in [2.45, 2.75) is 19.8 Å². The van der Waals surface area contributed by atoms with Gasteiger partial charge in [0.25, 0.3) is 0 Å². The molecule has 0 N–H and O–H groups in total. The predicted molar refractivity (Wildman–Crippen MR) is 248 cm³/mol. The van der Waals surface area contributed by atoms with E-state index < -0.39 is 0 Å². The van der Waals surface area contributed by atoms with Crippen molar-refractivity contribution in [2.24, 2.45) is 0 Å². The van der Waals surface area contributed by atoms with Gasteiger partial charge >= 0.3 is 0 Å². The lowest BCUT2D eigenvalue weighted by atomic mass is 9.94. The largest absolute Gasteiger partial charge is 0.456 e. The maximum Gasteiger partial charge on any atom is 0.164 e. The molecule has 0 amide bonds. The van der Waals surface area contributed by atoms with E-state index in [1.54, 1.807) is 0 Å². The highest BCUT2D eigenvalue weighted by molar-refractivity contribution is 7.19. The van der Waals surface area contributed by atoms with Crippen LogP contribution in [-0.4, -0.2) is 15.0 Å². The van der Waals surface area contributed by atoms with Crippen LogP contribution in [0, 0.1) is 0 Å². The van der Waals surface area contributed by atoms with E-state index in [9.17, 15) is 0 Å². The molecule has 59 heavy (non-hydrogen) atoms. The third-order valence-electron chi connectivity index (χ3n) is 11.4. The molecule has 10 aromatic rings. The van der Waals surface area contributed by atoms with Gasteiger partial charge in [-0.05, 0) is 117 Å². The van der Waals surface area contributed by atoms with Gasteiger partial charge in [0, 0.05) is 31.5 Å². The lowest BCUT2D eigenvalue weighted by molar-refractivity contribution is 0.669. The second-order valence-electron chi connectivity index (χ2n) is 15.0. The number of rotatable bonds is 7. The normalized spacial score (nSPS) is 13.0. The first kappa shape index (κ1) is 35.0. The van der Waals surface area contributed by atoms with Gasteiger partial charge in [-0.1, -0.05) is 140 Å². The molecule has 1 aliphatic carbocycles. The van der Waals surface area contributed by atoms with Crippen LogP contribution >= 0.6 is 11.3 Å². The fourth-order valence-electron chi connectivity index (χ4n) is 8.44. The Morgan fingerprint density at radius 1 is 0.542 bits per heavy atom. The summed E-state index contributed by atoms with van der Waals surface area (Å²) in [6.07, 6.45) is 12.5. The summed E-state index contributed by atoms with van der Waals surface area (Å²) in [5.41, 5.74) is 11.6. The summed E-state index contributed by atoms with van der Waals surface area (Å²) in [4.78, 5) is 17.2. The van der Waals surface area contributed by atoms with Gasteiger partial charge in [0.05, 0.1) is 0 Å². The smallest absolute Gasteiger partial charge is 0.164 e. The average molecular weight is 776 g/mol. The summed E-state index contributed by atoms with van der Waals surface area (Å²) in [6.45, 7) is 2.03. The molecule has 7 aromatic carbocycles. The number of para-hydroxylation sites is 1.